The van der Waals surface area contributed by atoms with Crippen molar-refractivity contribution in [3.63, 3.8) is 0 Å². The quantitative estimate of drug-likeness (QED) is 0.347. The molecule has 14 heavy (non-hydrogen) atoms. The molecular formula is C10H15NO3. The lowest BCUT2D eigenvalue weighted by atomic mass is 10.1. The molecule has 0 radical (unpaired) electrons. The van der Waals surface area contributed by atoms with Crippen LogP contribution in [0.2, 0.25) is 0 Å². The van der Waals surface area contributed by atoms with Gasteiger partial charge in [-0.3, -0.25) is 9.59 Å². The van der Waals surface area contributed by atoms with E-state index in [0.717, 1.165) is 6.08 Å². The summed E-state index contributed by atoms with van der Waals surface area (Å²) >= 11 is 0. The molecule has 0 bridgehead atoms. The molecule has 0 fully saturated rings. The van der Waals surface area contributed by atoms with Crippen LogP contribution in [0.25, 0.3) is 0 Å². The van der Waals surface area contributed by atoms with Crippen molar-refractivity contribution in [3.8, 4) is 0 Å². The highest BCUT2D eigenvalue weighted by Crippen LogP contribution is 1.99. The summed E-state index contributed by atoms with van der Waals surface area (Å²) in [5, 5.41) is 11.0. The highest BCUT2D eigenvalue weighted by Gasteiger charge is 2.12. The van der Waals surface area contributed by atoms with E-state index < -0.39 is 11.6 Å². The van der Waals surface area contributed by atoms with Gasteiger partial charge in [0.1, 0.15) is 0 Å². The maximum Gasteiger partial charge on any atom is 0.228 e. The van der Waals surface area contributed by atoms with E-state index in [1.165, 1.54) is 6.20 Å². The molecule has 4 heteroatoms. The summed E-state index contributed by atoms with van der Waals surface area (Å²) < 4.78 is 0. The van der Waals surface area contributed by atoms with Gasteiger partial charge in [-0.1, -0.05) is 13.5 Å². The van der Waals surface area contributed by atoms with Gasteiger partial charge in [0.15, 0.2) is 0 Å². The molecule has 0 aliphatic rings. The van der Waals surface area contributed by atoms with Gasteiger partial charge >= 0.3 is 0 Å². The van der Waals surface area contributed by atoms with E-state index in [4.69, 9.17) is 5.11 Å². The highest BCUT2D eigenvalue weighted by molar-refractivity contribution is 6.47. The molecule has 0 saturated carbocycles. The Morgan fingerprint density at radius 2 is 2.14 bits per heavy atom. The second-order valence-electron chi connectivity index (χ2n) is 2.66. The number of ketones is 2. The van der Waals surface area contributed by atoms with Crippen molar-refractivity contribution in [2.75, 3.05) is 13.2 Å². The van der Waals surface area contributed by atoms with Crippen molar-refractivity contribution in [3.05, 3.63) is 24.4 Å². The minimum atomic E-state index is -0.595. The third-order valence-electron chi connectivity index (χ3n) is 1.58. The second kappa shape index (κ2) is 7.03. The number of carbonyl (C=O) groups excluding carboxylic acids is 2. The number of nitrogens with one attached hydrogen (secondary N) is 1. The number of rotatable bonds is 7. The maximum atomic E-state index is 11.2. The second-order valence-corrected chi connectivity index (χ2v) is 2.66. The van der Waals surface area contributed by atoms with Crippen molar-refractivity contribution in [2.45, 2.75) is 13.3 Å². The molecular weight excluding hydrogens is 182 g/mol. The average Bonchev–Trinajstić information content (AvgIpc) is 2.21. The highest BCUT2D eigenvalue weighted by atomic mass is 16.3. The Bertz CT molecular complexity index is 256. The lowest BCUT2D eigenvalue weighted by molar-refractivity contribution is -0.131. The number of Topliss-reactive ketones (excluding diaryl/α,β-unsaturated/α-hetero) is 1. The fourth-order valence-corrected chi connectivity index (χ4v) is 0.693. The third-order valence-corrected chi connectivity index (χ3v) is 1.58. The predicted octanol–water partition coefficient (Wildman–Crippen LogP) is 0.186. The molecule has 0 spiro atoms. The SMILES string of the molecule is C=C(CC)C(=O)C(=O)C=CNCCO. The van der Waals surface area contributed by atoms with Crippen LogP contribution in [0, 0.1) is 0 Å². The topological polar surface area (TPSA) is 66.4 Å². The monoisotopic (exact) mass is 197 g/mol. The third kappa shape index (κ3) is 4.57. The first-order valence-electron chi connectivity index (χ1n) is 4.40. The van der Waals surface area contributed by atoms with Crippen LogP contribution in [0.5, 0.6) is 0 Å². The lowest BCUT2D eigenvalue weighted by Crippen LogP contribution is -2.15. The molecule has 0 aliphatic carbocycles. The van der Waals surface area contributed by atoms with E-state index in [1.807, 2.05) is 0 Å². The van der Waals surface area contributed by atoms with Gasteiger partial charge < -0.3 is 10.4 Å². The van der Waals surface area contributed by atoms with Gasteiger partial charge in [0.25, 0.3) is 0 Å². The Morgan fingerprint density at radius 1 is 1.50 bits per heavy atom. The molecule has 0 aromatic rings. The van der Waals surface area contributed by atoms with Gasteiger partial charge in [-0.25, -0.2) is 0 Å². The molecule has 78 valence electrons. The predicted molar refractivity (Wildman–Crippen MR) is 53.7 cm³/mol. The Hall–Kier alpha value is -1.42. The van der Waals surface area contributed by atoms with Crippen LogP contribution in [0.3, 0.4) is 0 Å². The number of aliphatic hydroxyl groups excluding tert-OH is 1. The van der Waals surface area contributed by atoms with E-state index in [0.29, 0.717) is 18.5 Å². The average molecular weight is 197 g/mol. The van der Waals surface area contributed by atoms with Crippen LogP contribution in [0.1, 0.15) is 13.3 Å². The molecule has 4 nitrogen and oxygen atoms in total. The first-order chi connectivity index (χ1) is 6.63. The van der Waals surface area contributed by atoms with Crippen molar-refractivity contribution in [1.29, 1.82) is 0 Å². The van der Waals surface area contributed by atoms with Gasteiger partial charge in [0.05, 0.1) is 6.61 Å². The number of hydrogen-bond acceptors (Lipinski definition) is 4. The number of allylic oxidation sites excluding steroid dienone is 2. The minimum absolute atomic E-state index is 0.0197. The van der Waals surface area contributed by atoms with E-state index in [2.05, 4.69) is 11.9 Å². The number of carbonyl (C=O) groups is 2. The van der Waals surface area contributed by atoms with E-state index in [-0.39, 0.29) is 6.61 Å². The molecule has 0 heterocycles. The molecule has 0 aromatic heterocycles. The summed E-state index contributed by atoms with van der Waals surface area (Å²) in [5.41, 5.74) is 0.307. The molecule has 0 rings (SSSR count). The zero-order chi connectivity index (χ0) is 11.0. The summed E-state index contributed by atoms with van der Waals surface area (Å²) in [6.45, 7) is 5.57. The molecule has 2 N–H and O–H groups in total. The Morgan fingerprint density at radius 3 is 2.64 bits per heavy atom. The van der Waals surface area contributed by atoms with Gasteiger partial charge in [0.2, 0.25) is 11.6 Å². The summed E-state index contributed by atoms with van der Waals surface area (Å²) in [4.78, 5) is 22.3. The van der Waals surface area contributed by atoms with Crippen molar-refractivity contribution in [2.24, 2.45) is 0 Å². The van der Waals surface area contributed by atoms with E-state index in [1.54, 1.807) is 6.92 Å². The van der Waals surface area contributed by atoms with Gasteiger partial charge in [-0.2, -0.15) is 0 Å². The molecule has 0 aromatic carbocycles. The standard InChI is InChI=1S/C10H15NO3/c1-3-8(2)10(14)9(13)4-5-11-6-7-12/h4-5,11-12H,2-3,6-7H2,1H3. The summed E-state index contributed by atoms with van der Waals surface area (Å²) in [5.74, 6) is -1.16. The fraction of sp³-hybridized carbons (Fsp3) is 0.400. The molecule has 0 amide bonds. The van der Waals surface area contributed by atoms with E-state index >= 15 is 0 Å². The number of hydrogen-bond donors (Lipinski definition) is 2. The van der Waals surface area contributed by atoms with Gasteiger partial charge in [-0.15, -0.1) is 0 Å². The molecule has 0 saturated heterocycles. The number of aliphatic hydroxyl groups is 1. The largest absolute Gasteiger partial charge is 0.395 e. The van der Waals surface area contributed by atoms with Crippen LogP contribution in [-0.2, 0) is 9.59 Å². The van der Waals surface area contributed by atoms with Gasteiger partial charge in [0, 0.05) is 18.8 Å². The van der Waals surface area contributed by atoms with Crippen LogP contribution in [0.4, 0.5) is 0 Å². The first-order valence-corrected chi connectivity index (χ1v) is 4.40. The first kappa shape index (κ1) is 12.6. The van der Waals surface area contributed by atoms with Crippen LogP contribution < -0.4 is 5.32 Å². The summed E-state index contributed by atoms with van der Waals surface area (Å²) in [6, 6.07) is 0. The Labute approximate surface area is 83.3 Å². The lowest BCUT2D eigenvalue weighted by Gasteiger charge is -1.97. The van der Waals surface area contributed by atoms with Crippen LogP contribution in [-0.4, -0.2) is 29.8 Å². The van der Waals surface area contributed by atoms with Crippen LogP contribution in [0.15, 0.2) is 24.4 Å². The molecule has 0 atom stereocenters. The van der Waals surface area contributed by atoms with Crippen molar-refractivity contribution >= 4 is 11.6 Å². The fourth-order valence-electron chi connectivity index (χ4n) is 0.693. The summed E-state index contributed by atoms with van der Waals surface area (Å²) in [7, 11) is 0. The van der Waals surface area contributed by atoms with Gasteiger partial charge in [-0.05, 0) is 12.0 Å². The Balaban J connectivity index is 4.02. The molecule has 0 aliphatic heterocycles. The molecule has 0 unspecified atom stereocenters. The normalized spacial score (nSPS) is 10.1. The van der Waals surface area contributed by atoms with Crippen LogP contribution >= 0.6 is 0 Å². The Kier molecular flexibility index (Phi) is 6.32. The van der Waals surface area contributed by atoms with E-state index in [9.17, 15) is 9.59 Å². The van der Waals surface area contributed by atoms with Crippen molar-refractivity contribution < 1.29 is 14.7 Å². The van der Waals surface area contributed by atoms with Crippen molar-refractivity contribution in [1.82, 2.24) is 5.32 Å². The zero-order valence-corrected chi connectivity index (χ0v) is 8.25. The summed E-state index contributed by atoms with van der Waals surface area (Å²) in [6.07, 6.45) is 2.96. The smallest absolute Gasteiger partial charge is 0.228 e. The zero-order valence-electron chi connectivity index (χ0n) is 8.25. The minimum Gasteiger partial charge on any atom is -0.395 e. The maximum absolute atomic E-state index is 11.2.